The smallest absolute Gasteiger partial charge is 0.241 e. The van der Waals surface area contributed by atoms with E-state index in [2.05, 4.69) is 17.6 Å². The molecule has 2 atom stereocenters. The molecule has 0 bridgehead atoms. The third-order valence-corrected chi connectivity index (χ3v) is 5.20. The zero-order chi connectivity index (χ0) is 19.2. The summed E-state index contributed by atoms with van der Waals surface area (Å²) in [6, 6.07) is 6.24. The van der Waals surface area contributed by atoms with Crippen LogP contribution in [0.15, 0.2) is 23.2 Å². The third kappa shape index (κ3) is 6.15. The summed E-state index contributed by atoms with van der Waals surface area (Å²) in [4.78, 5) is 18.2. The molecular weight excluding hydrogens is 471 g/mol. The van der Waals surface area contributed by atoms with Crippen molar-refractivity contribution in [2.45, 2.75) is 45.2 Å². The van der Waals surface area contributed by atoms with Crippen molar-refractivity contribution in [2.24, 2.45) is 10.9 Å². The number of ether oxygens (including phenoxy) is 2. The summed E-state index contributed by atoms with van der Waals surface area (Å²) < 4.78 is 10.8. The first-order chi connectivity index (χ1) is 13.0. The number of nitrogens with one attached hydrogen (secondary N) is 2. The van der Waals surface area contributed by atoms with Gasteiger partial charge in [0.05, 0.1) is 13.1 Å². The molecule has 2 aliphatic rings. The number of guanidine groups is 1. The standard InChI is InChI=1S/C20H30N4O3.HI/c1-14-6-4-5-7-16(14)23-20(22-12-19(25)24(2)3)21-11-15-8-9-17-18(10-15)27-13-26-17;/h8-10,14,16H,4-7,11-13H2,1-3H3,(H2,21,22,23);1H. The van der Waals surface area contributed by atoms with Gasteiger partial charge in [-0.1, -0.05) is 25.8 Å². The largest absolute Gasteiger partial charge is 0.454 e. The first-order valence-corrected chi connectivity index (χ1v) is 9.66. The van der Waals surface area contributed by atoms with Crippen LogP contribution < -0.4 is 20.1 Å². The van der Waals surface area contributed by atoms with E-state index in [0.29, 0.717) is 24.5 Å². The Morgan fingerprint density at radius 1 is 1.21 bits per heavy atom. The van der Waals surface area contributed by atoms with Gasteiger partial charge in [0.25, 0.3) is 0 Å². The molecule has 0 spiro atoms. The summed E-state index contributed by atoms with van der Waals surface area (Å²) in [7, 11) is 3.51. The Balaban J connectivity index is 0.00000280. The van der Waals surface area contributed by atoms with Gasteiger partial charge in [-0.2, -0.15) is 0 Å². The van der Waals surface area contributed by atoms with Crippen LogP contribution in [0.5, 0.6) is 11.5 Å². The highest BCUT2D eigenvalue weighted by atomic mass is 127. The van der Waals surface area contributed by atoms with E-state index < -0.39 is 0 Å². The van der Waals surface area contributed by atoms with Crippen molar-refractivity contribution in [1.29, 1.82) is 0 Å². The fourth-order valence-electron chi connectivity index (χ4n) is 3.39. The molecular formula is C20H31IN4O3. The second kappa shape index (κ2) is 10.7. The Hall–Kier alpha value is -1.71. The Kier molecular flexibility index (Phi) is 8.65. The van der Waals surface area contributed by atoms with Gasteiger partial charge in [-0.15, -0.1) is 24.0 Å². The molecule has 1 saturated carbocycles. The molecule has 156 valence electrons. The van der Waals surface area contributed by atoms with E-state index in [0.717, 1.165) is 23.5 Å². The Morgan fingerprint density at radius 2 is 1.96 bits per heavy atom. The number of nitrogens with zero attached hydrogens (tertiary/aromatic N) is 2. The SMILES string of the molecule is CC1CCCCC1NC(=NCc1ccc2c(c1)OCO2)NCC(=O)N(C)C.I. The quantitative estimate of drug-likeness (QED) is 0.368. The molecule has 2 unspecified atom stereocenters. The van der Waals surface area contributed by atoms with E-state index in [4.69, 9.17) is 14.5 Å². The first-order valence-electron chi connectivity index (χ1n) is 9.66. The zero-order valence-corrected chi connectivity index (χ0v) is 19.2. The van der Waals surface area contributed by atoms with Crippen molar-refractivity contribution in [2.75, 3.05) is 27.4 Å². The van der Waals surface area contributed by atoms with Crippen molar-refractivity contribution >= 4 is 35.8 Å². The van der Waals surface area contributed by atoms with Crippen molar-refractivity contribution in [3.63, 3.8) is 0 Å². The summed E-state index contributed by atoms with van der Waals surface area (Å²) in [6.45, 7) is 3.27. The summed E-state index contributed by atoms with van der Waals surface area (Å²) in [6.07, 6.45) is 4.88. The van der Waals surface area contributed by atoms with Gasteiger partial charge in [0, 0.05) is 20.1 Å². The van der Waals surface area contributed by atoms with Gasteiger partial charge in [-0.05, 0) is 36.5 Å². The number of benzene rings is 1. The number of carbonyl (C=O) groups excluding carboxylic acids is 1. The molecule has 8 heteroatoms. The van der Waals surface area contributed by atoms with Crippen LogP contribution >= 0.6 is 24.0 Å². The predicted octanol–water partition coefficient (Wildman–Crippen LogP) is 2.74. The molecule has 1 aromatic carbocycles. The lowest BCUT2D eigenvalue weighted by Crippen LogP contribution is -2.49. The summed E-state index contributed by atoms with van der Waals surface area (Å²) in [5, 5.41) is 6.72. The number of hydrogen-bond donors (Lipinski definition) is 2. The monoisotopic (exact) mass is 502 g/mol. The molecule has 1 heterocycles. The maximum atomic E-state index is 12.0. The van der Waals surface area contributed by atoms with E-state index in [-0.39, 0.29) is 43.2 Å². The summed E-state index contributed by atoms with van der Waals surface area (Å²) in [5.74, 6) is 2.83. The molecule has 1 fully saturated rings. The van der Waals surface area contributed by atoms with E-state index in [1.165, 1.54) is 19.3 Å². The summed E-state index contributed by atoms with van der Waals surface area (Å²) >= 11 is 0. The molecule has 1 aromatic rings. The second-order valence-corrected chi connectivity index (χ2v) is 7.51. The van der Waals surface area contributed by atoms with Crippen molar-refractivity contribution in [1.82, 2.24) is 15.5 Å². The maximum absolute atomic E-state index is 12.0. The number of aliphatic imine (C=N–C) groups is 1. The predicted molar refractivity (Wildman–Crippen MR) is 120 cm³/mol. The topological polar surface area (TPSA) is 75.2 Å². The van der Waals surface area contributed by atoms with Crippen molar-refractivity contribution in [3.8, 4) is 11.5 Å². The molecule has 1 aliphatic heterocycles. The number of fused-ring (bicyclic) bond motifs is 1. The average molecular weight is 502 g/mol. The van der Waals surface area contributed by atoms with Gasteiger partial charge >= 0.3 is 0 Å². The normalized spacial score (nSPS) is 20.9. The number of halogens is 1. The van der Waals surface area contributed by atoms with Crippen molar-refractivity contribution < 1.29 is 14.3 Å². The number of likely N-dealkylation sites (N-methyl/N-ethyl adjacent to an activating group) is 1. The van der Waals surface area contributed by atoms with Gasteiger partial charge in [-0.3, -0.25) is 4.79 Å². The van der Waals surface area contributed by atoms with Crippen LogP contribution in [0.3, 0.4) is 0 Å². The van der Waals surface area contributed by atoms with E-state index >= 15 is 0 Å². The fraction of sp³-hybridized carbons (Fsp3) is 0.600. The molecule has 0 radical (unpaired) electrons. The number of hydrogen-bond acceptors (Lipinski definition) is 4. The van der Waals surface area contributed by atoms with Gasteiger partial charge in [0.1, 0.15) is 0 Å². The Bertz CT molecular complexity index is 696. The second-order valence-electron chi connectivity index (χ2n) is 7.51. The van der Waals surface area contributed by atoms with Crippen LogP contribution in [0, 0.1) is 5.92 Å². The molecule has 7 nitrogen and oxygen atoms in total. The van der Waals surface area contributed by atoms with Crippen LogP contribution in [-0.4, -0.2) is 50.2 Å². The molecule has 2 N–H and O–H groups in total. The Morgan fingerprint density at radius 3 is 2.71 bits per heavy atom. The highest BCUT2D eigenvalue weighted by Gasteiger charge is 2.22. The van der Waals surface area contributed by atoms with Gasteiger partial charge in [0.2, 0.25) is 12.7 Å². The van der Waals surface area contributed by atoms with Crippen LogP contribution in [0.4, 0.5) is 0 Å². The van der Waals surface area contributed by atoms with Gasteiger partial charge < -0.3 is 25.0 Å². The lowest BCUT2D eigenvalue weighted by Gasteiger charge is -2.31. The van der Waals surface area contributed by atoms with Crippen LogP contribution in [0.2, 0.25) is 0 Å². The number of rotatable bonds is 5. The van der Waals surface area contributed by atoms with Gasteiger partial charge in [-0.25, -0.2) is 4.99 Å². The zero-order valence-electron chi connectivity index (χ0n) is 16.9. The highest BCUT2D eigenvalue weighted by Crippen LogP contribution is 2.32. The fourth-order valence-corrected chi connectivity index (χ4v) is 3.39. The Labute approximate surface area is 184 Å². The molecule has 3 rings (SSSR count). The maximum Gasteiger partial charge on any atom is 0.241 e. The minimum Gasteiger partial charge on any atom is -0.454 e. The van der Waals surface area contributed by atoms with Gasteiger partial charge in [0.15, 0.2) is 17.5 Å². The van der Waals surface area contributed by atoms with Crippen LogP contribution in [0.25, 0.3) is 0 Å². The van der Waals surface area contributed by atoms with Crippen LogP contribution in [-0.2, 0) is 11.3 Å². The number of carbonyl (C=O) groups is 1. The average Bonchev–Trinajstić information content (AvgIpc) is 3.13. The number of amides is 1. The minimum absolute atomic E-state index is 0. The lowest BCUT2D eigenvalue weighted by molar-refractivity contribution is -0.127. The van der Waals surface area contributed by atoms with E-state index in [1.807, 2.05) is 18.2 Å². The minimum atomic E-state index is 0. The van der Waals surface area contributed by atoms with E-state index in [1.54, 1.807) is 19.0 Å². The van der Waals surface area contributed by atoms with Crippen LogP contribution in [0.1, 0.15) is 38.2 Å². The first kappa shape index (κ1) is 22.6. The molecule has 0 aromatic heterocycles. The molecule has 1 aliphatic carbocycles. The van der Waals surface area contributed by atoms with E-state index in [9.17, 15) is 4.79 Å². The molecule has 1 amide bonds. The summed E-state index contributed by atoms with van der Waals surface area (Å²) in [5.41, 5.74) is 1.04. The molecule has 0 saturated heterocycles. The van der Waals surface area contributed by atoms with Crippen molar-refractivity contribution in [3.05, 3.63) is 23.8 Å². The third-order valence-electron chi connectivity index (χ3n) is 5.20. The highest BCUT2D eigenvalue weighted by molar-refractivity contribution is 14.0. The molecule has 28 heavy (non-hydrogen) atoms. The lowest BCUT2D eigenvalue weighted by atomic mass is 9.86.